The Bertz CT molecular complexity index is 919. The number of aromatic nitrogens is 1. The van der Waals surface area contributed by atoms with Crippen LogP contribution in [0.25, 0.3) is 0 Å². The highest BCUT2D eigenvalue weighted by atomic mass is 16.5. The van der Waals surface area contributed by atoms with Gasteiger partial charge in [-0.15, -0.1) is 0 Å². The largest absolute Gasteiger partial charge is 0.494 e. The van der Waals surface area contributed by atoms with Gasteiger partial charge in [-0.05, 0) is 42.3 Å². The lowest BCUT2D eigenvalue weighted by molar-refractivity contribution is 0.168. The number of hydrogen-bond donors (Lipinski definition) is 1. The molecule has 0 fully saturated rings. The van der Waals surface area contributed by atoms with Crippen molar-refractivity contribution >= 4 is 6.03 Å². The van der Waals surface area contributed by atoms with E-state index in [1.807, 2.05) is 60.4 Å². The standard InChI is InChI=1S/C23H25N3O2/c1-2-28-20-12-10-19(11-13-20)22-21-9-6-14-25(21)15-16-26(22)23(27)24-17-18-7-4-3-5-8-18/h3-14,22H,2,15-17H2,1H3,(H,24,27)/t22-/m0/s1. The number of fused-ring (bicyclic) bond motifs is 1. The van der Waals surface area contributed by atoms with Gasteiger partial charge in [-0.2, -0.15) is 0 Å². The van der Waals surface area contributed by atoms with Crippen LogP contribution < -0.4 is 10.1 Å². The summed E-state index contributed by atoms with van der Waals surface area (Å²) in [4.78, 5) is 15.0. The van der Waals surface area contributed by atoms with Crippen LogP contribution in [0.2, 0.25) is 0 Å². The molecule has 1 aromatic heterocycles. The molecule has 0 saturated carbocycles. The Balaban J connectivity index is 1.57. The molecule has 4 rings (SSSR count). The minimum absolute atomic E-state index is 0.0461. The molecular formula is C23H25N3O2. The number of rotatable bonds is 5. The van der Waals surface area contributed by atoms with Crippen molar-refractivity contribution in [2.45, 2.75) is 26.1 Å². The Kier molecular flexibility index (Phi) is 5.33. The lowest BCUT2D eigenvalue weighted by Crippen LogP contribution is -2.47. The number of benzene rings is 2. The number of ether oxygens (including phenoxy) is 1. The predicted octanol–water partition coefficient (Wildman–Crippen LogP) is 4.20. The molecule has 0 aliphatic carbocycles. The zero-order valence-corrected chi connectivity index (χ0v) is 16.0. The molecule has 144 valence electrons. The SMILES string of the molecule is CCOc1ccc([C@H]2c3cccn3CCN2C(=O)NCc2ccccc2)cc1. The zero-order valence-electron chi connectivity index (χ0n) is 16.0. The van der Waals surface area contributed by atoms with Crippen LogP contribution in [-0.4, -0.2) is 28.6 Å². The van der Waals surface area contributed by atoms with Gasteiger partial charge in [0.2, 0.25) is 0 Å². The first-order chi connectivity index (χ1) is 13.8. The van der Waals surface area contributed by atoms with Gasteiger partial charge in [0.05, 0.1) is 12.6 Å². The lowest BCUT2D eigenvalue weighted by Gasteiger charge is -2.37. The minimum Gasteiger partial charge on any atom is -0.494 e. The second-order valence-electron chi connectivity index (χ2n) is 6.87. The van der Waals surface area contributed by atoms with Crippen molar-refractivity contribution in [1.29, 1.82) is 0 Å². The van der Waals surface area contributed by atoms with Crippen LogP contribution in [0, 0.1) is 0 Å². The molecule has 5 heteroatoms. The van der Waals surface area contributed by atoms with Gasteiger partial charge in [-0.3, -0.25) is 0 Å². The molecule has 5 nitrogen and oxygen atoms in total. The summed E-state index contributed by atoms with van der Waals surface area (Å²) >= 11 is 0. The van der Waals surface area contributed by atoms with E-state index in [1.54, 1.807) is 0 Å². The number of nitrogens with one attached hydrogen (secondary N) is 1. The summed E-state index contributed by atoms with van der Waals surface area (Å²) in [6.07, 6.45) is 2.08. The molecule has 1 atom stereocenters. The van der Waals surface area contributed by atoms with Gasteiger partial charge in [0, 0.05) is 31.5 Å². The van der Waals surface area contributed by atoms with E-state index in [-0.39, 0.29) is 12.1 Å². The highest BCUT2D eigenvalue weighted by Crippen LogP contribution is 2.33. The molecule has 1 N–H and O–H groups in total. The Morgan fingerprint density at radius 3 is 2.57 bits per heavy atom. The van der Waals surface area contributed by atoms with Crippen LogP contribution in [0.5, 0.6) is 5.75 Å². The molecule has 3 aromatic rings. The quantitative estimate of drug-likeness (QED) is 0.726. The summed E-state index contributed by atoms with van der Waals surface area (Å²) < 4.78 is 7.79. The third-order valence-corrected chi connectivity index (χ3v) is 5.09. The van der Waals surface area contributed by atoms with Crippen molar-refractivity contribution in [2.24, 2.45) is 0 Å². The predicted molar refractivity (Wildman–Crippen MR) is 109 cm³/mol. The molecule has 2 amide bonds. The molecule has 0 saturated heterocycles. The van der Waals surface area contributed by atoms with Crippen molar-refractivity contribution in [2.75, 3.05) is 13.2 Å². The molecule has 2 aromatic carbocycles. The Hall–Kier alpha value is -3.21. The van der Waals surface area contributed by atoms with E-state index in [0.717, 1.165) is 29.1 Å². The average Bonchev–Trinajstić information content (AvgIpc) is 3.22. The fourth-order valence-corrected chi connectivity index (χ4v) is 3.74. The Morgan fingerprint density at radius 2 is 1.82 bits per heavy atom. The highest BCUT2D eigenvalue weighted by Gasteiger charge is 2.32. The van der Waals surface area contributed by atoms with Gasteiger partial charge >= 0.3 is 6.03 Å². The number of nitrogens with zero attached hydrogens (tertiary/aromatic N) is 2. The van der Waals surface area contributed by atoms with E-state index >= 15 is 0 Å². The molecule has 0 bridgehead atoms. The third kappa shape index (κ3) is 3.74. The maximum atomic E-state index is 13.0. The Morgan fingerprint density at radius 1 is 1.04 bits per heavy atom. The maximum Gasteiger partial charge on any atom is 0.318 e. The van der Waals surface area contributed by atoms with E-state index in [4.69, 9.17) is 4.74 Å². The first-order valence-corrected chi connectivity index (χ1v) is 9.72. The van der Waals surface area contributed by atoms with E-state index in [2.05, 4.69) is 34.3 Å². The van der Waals surface area contributed by atoms with E-state index in [9.17, 15) is 4.79 Å². The molecule has 28 heavy (non-hydrogen) atoms. The van der Waals surface area contributed by atoms with Crippen LogP contribution in [0.1, 0.15) is 29.8 Å². The van der Waals surface area contributed by atoms with Crippen LogP contribution in [0.4, 0.5) is 4.79 Å². The first-order valence-electron chi connectivity index (χ1n) is 9.72. The first kappa shape index (κ1) is 18.2. The van der Waals surface area contributed by atoms with Crippen molar-refractivity contribution in [3.05, 3.63) is 89.7 Å². The second-order valence-corrected chi connectivity index (χ2v) is 6.87. The van der Waals surface area contributed by atoms with Gasteiger partial charge in [-0.1, -0.05) is 42.5 Å². The number of urea groups is 1. The minimum atomic E-state index is -0.116. The third-order valence-electron chi connectivity index (χ3n) is 5.09. The molecule has 0 radical (unpaired) electrons. The fourth-order valence-electron chi connectivity index (χ4n) is 3.74. The van der Waals surface area contributed by atoms with E-state index in [1.165, 1.54) is 0 Å². The zero-order chi connectivity index (χ0) is 19.3. The summed E-state index contributed by atoms with van der Waals surface area (Å²) in [6, 6.07) is 22.0. The van der Waals surface area contributed by atoms with E-state index < -0.39 is 0 Å². The van der Waals surface area contributed by atoms with Crippen LogP contribution >= 0.6 is 0 Å². The van der Waals surface area contributed by atoms with E-state index in [0.29, 0.717) is 19.7 Å². The van der Waals surface area contributed by atoms with Crippen molar-refractivity contribution < 1.29 is 9.53 Å². The van der Waals surface area contributed by atoms with Gasteiger partial charge in [0.15, 0.2) is 0 Å². The van der Waals surface area contributed by atoms with Crippen molar-refractivity contribution in [3.63, 3.8) is 0 Å². The van der Waals surface area contributed by atoms with Crippen LogP contribution in [-0.2, 0) is 13.1 Å². The lowest BCUT2D eigenvalue weighted by atomic mass is 10.00. The summed E-state index contributed by atoms with van der Waals surface area (Å²) in [5, 5.41) is 3.08. The second kappa shape index (κ2) is 8.21. The molecule has 1 aliphatic rings. The monoisotopic (exact) mass is 375 g/mol. The normalized spacial score (nSPS) is 15.8. The number of amides is 2. The molecule has 2 heterocycles. The van der Waals surface area contributed by atoms with Crippen LogP contribution in [0.3, 0.4) is 0 Å². The van der Waals surface area contributed by atoms with Gasteiger partial charge in [0.25, 0.3) is 0 Å². The fraction of sp³-hybridized carbons (Fsp3) is 0.261. The average molecular weight is 375 g/mol. The van der Waals surface area contributed by atoms with Crippen molar-refractivity contribution in [1.82, 2.24) is 14.8 Å². The maximum absolute atomic E-state index is 13.0. The van der Waals surface area contributed by atoms with Gasteiger partial charge < -0.3 is 19.5 Å². The number of carbonyl (C=O) groups is 1. The van der Waals surface area contributed by atoms with Crippen LogP contribution in [0.15, 0.2) is 72.9 Å². The summed E-state index contributed by atoms with van der Waals surface area (Å²) in [5.74, 6) is 0.845. The topological polar surface area (TPSA) is 46.5 Å². The smallest absolute Gasteiger partial charge is 0.318 e. The van der Waals surface area contributed by atoms with Gasteiger partial charge in [-0.25, -0.2) is 4.79 Å². The molecule has 1 aliphatic heterocycles. The summed E-state index contributed by atoms with van der Waals surface area (Å²) in [7, 11) is 0. The summed E-state index contributed by atoms with van der Waals surface area (Å²) in [5.41, 5.74) is 3.30. The molecular weight excluding hydrogens is 350 g/mol. The van der Waals surface area contributed by atoms with Crippen molar-refractivity contribution in [3.8, 4) is 5.75 Å². The van der Waals surface area contributed by atoms with Gasteiger partial charge in [0.1, 0.15) is 5.75 Å². The number of hydrogen-bond acceptors (Lipinski definition) is 2. The number of carbonyl (C=O) groups excluding carboxylic acids is 1. The molecule has 0 spiro atoms. The molecule has 0 unspecified atom stereocenters. The summed E-state index contributed by atoms with van der Waals surface area (Å²) in [6.45, 7) is 4.60. The highest BCUT2D eigenvalue weighted by molar-refractivity contribution is 5.75. The Labute approximate surface area is 165 Å².